The van der Waals surface area contributed by atoms with Gasteiger partial charge in [-0.1, -0.05) is 36.4 Å². The van der Waals surface area contributed by atoms with Crippen LogP contribution in [0.25, 0.3) is 10.9 Å². The Labute approximate surface area is 163 Å². The lowest BCUT2D eigenvalue weighted by atomic mass is 9.94. The molecule has 0 saturated carbocycles. The van der Waals surface area contributed by atoms with E-state index in [-0.39, 0.29) is 6.04 Å². The molecule has 1 aliphatic rings. The summed E-state index contributed by atoms with van der Waals surface area (Å²) in [5, 5.41) is 10.3. The van der Waals surface area contributed by atoms with Crippen molar-refractivity contribution in [3.05, 3.63) is 95.2 Å². The molecule has 5 rings (SSSR count). The van der Waals surface area contributed by atoms with Gasteiger partial charge < -0.3 is 4.98 Å². The van der Waals surface area contributed by atoms with Gasteiger partial charge in [-0.05, 0) is 29.8 Å². The molecule has 4 aromatic rings. The van der Waals surface area contributed by atoms with E-state index >= 15 is 0 Å². The van der Waals surface area contributed by atoms with Crippen LogP contribution in [0.5, 0.6) is 0 Å². The number of nitrogens with one attached hydrogen (secondary N) is 1. The van der Waals surface area contributed by atoms with Crippen molar-refractivity contribution in [1.29, 1.82) is 5.26 Å². The lowest BCUT2D eigenvalue weighted by Crippen LogP contribution is -2.36. The zero-order valence-corrected chi connectivity index (χ0v) is 15.3. The van der Waals surface area contributed by atoms with Crippen LogP contribution >= 0.6 is 0 Å². The molecule has 0 bridgehead atoms. The van der Waals surface area contributed by atoms with Gasteiger partial charge in [-0.25, -0.2) is 4.98 Å². The molecule has 0 radical (unpaired) electrons. The first-order chi connectivity index (χ1) is 13.8. The van der Waals surface area contributed by atoms with Crippen LogP contribution in [0.3, 0.4) is 0 Å². The van der Waals surface area contributed by atoms with Crippen LogP contribution in [0.2, 0.25) is 0 Å². The molecule has 3 heterocycles. The molecule has 2 aromatic carbocycles. The molecule has 28 heavy (non-hydrogen) atoms. The van der Waals surface area contributed by atoms with Crippen molar-refractivity contribution in [3.63, 3.8) is 0 Å². The number of H-pyrrole nitrogens is 1. The van der Waals surface area contributed by atoms with E-state index in [1.807, 2.05) is 36.4 Å². The van der Waals surface area contributed by atoms with Gasteiger partial charge in [0.2, 0.25) is 0 Å². The Morgan fingerprint density at radius 2 is 1.93 bits per heavy atom. The third kappa shape index (κ3) is 2.94. The van der Waals surface area contributed by atoms with Gasteiger partial charge in [-0.3, -0.25) is 9.88 Å². The molecule has 0 unspecified atom stereocenters. The fourth-order valence-electron chi connectivity index (χ4n) is 4.01. The monoisotopic (exact) mass is 365 g/mol. The van der Waals surface area contributed by atoms with Crippen LogP contribution in [0, 0.1) is 11.3 Å². The fraction of sp³-hybridized carbons (Fsp3) is 0.174. The summed E-state index contributed by atoms with van der Waals surface area (Å²) in [5.41, 5.74) is 6.15. The Hall–Kier alpha value is -3.49. The third-order valence-corrected chi connectivity index (χ3v) is 5.40. The second kappa shape index (κ2) is 6.91. The average molecular weight is 365 g/mol. The van der Waals surface area contributed by atoms with E-state index in [2.05, 4.69) is 45.2 Å². The van der Waals surface area contributed by atoms with Gasteiger partial charge in [0.1, 0.15) is 0 Å². The number of fused-ring (bicyclic) bond motifs is 2. The van der Waals surface area contributed by atoms with E-state index in [4.69, 9.17) is 10.2 Å². The summed E-state index contributed by atoms with van der Waals surface area (Å²) < 4.78 is 0. The Kier molecular flexibility index (Phi) is 4.12. The summed E-state index contributed by atoms with van der Waals surface area (Å²) in [7, 11) is 0. The molecule has 0 fully saturated rings. The van der Waals surface area contributed by atoms with Crippen molar-refractivity contribution in [1.82, 2.24) is 19.9 Å². The lowest BCUT2D eigenvalue weighted by molar-refractivity contribution is 0.198. The van der Waals surface area contributed by atoms with Gasteiger partial charge >= 0.3 is 0 Å². The van der Waals surface area contributed by atoms with Crippen molar-refractivity contribution < 1.29 is 0 Å². The maximum atomic E-state index is 9.11. The molecule has 2 aromatic heterocycles. The number of benzene rings is 2. The summed E-state index contributed by atoms with van der Waals surface area (Å²) in [6.45, 7) is 1.68. The topological polar surface area (TPSA) is 68.6 Å². The zero-order chi connectivity index (χ0) is 18.9. The molecule has 136 valence electrons. The number of aromatic amines is 1. The molecule has 0 spiro atoms. The van der Waals surface area contributed by atoms with Crippen molar-refractivity contribution in [3.8, 4) is 6.07 Å². The Morgan fingerprint density at radius 3 is 2.79 bits per heavy atom. The SMILES string of the molecule is N#Cc1ccc([C@@H]2c3nc[nH]c3CCN2Cc2ccc3ccccc3n2)cc1. The number of hydrogen-bond acceptors (Lipinski definition) is 4. The van der Waals surface area contributed by atoms with E-state index in [1.165, 1.54) is 5.69 Å². The number of nitriles is 1. The molecule has 0 amide bonds. The van der Waals surface area contributed by atoms with E-state index in [9.17, 15) is 0 Å². The third-order valence-electron chi connectivity index (χ3n) is 5.40. The first-order valence-corrected chi connectivity index (χ1v) is 9.43. The minimum Gasteiger partial charge on any atom is -0.348 e. The normalized spacial score (nSPS) is 16.6. The highest BCUT2D eigenvalue weighted by Gasteiger charge is 2.31. The highest BCUT2D eigenvalue weighted by molar-refractivity contribution is 5.78. The van der Waals surface area contributed by atoms with Crippen LogP contribution < -0.4 is 0 Å². The highest BCUT2D eigenvalue weighted by atomic mass is 15.2. The molecular weight excluding hydrogens is 346 g/mol. The standard InChI is InChI=1S/C23H19N5/c24-13-16-5-7-18(8-6-16)23-22-21(25-15-26-22)11-12-28(23)14-19-10-9-17-3-1-2-4-20(17)27-19/h1-10,15,23H,11-12,14H2,(H,25,26)/t23-/m1/s1. The summed E-state index contributed by atoms with van der Waals surface area (Å²) in [5.74, 6) is 0. The predicted molar refractivity (Wildman–Crippen MR) is 107 cm³/mol. The van der Waals surface area contributed by atoms with Crippen molar-refractivity contribution >= 4 is 10.9 Å². The second-order valence-electron chi connectivity index (χ2n) is 7.12. The second-order valence-corrected chi connectivity index (χ2v) is 7.12. The van der Waals surface area contributed by atoms with E-state index in [0.29, 0.717) is 5.56 Å². The number of imidazole rings is 1. The summed E-state index contributed by atoms with van der Waals surface area (Å²) in [4.78, 5) is 15.2. The molecule has 0 saturated heterocycles. The van der Waals surface area contributed by atoms with Crippen LogP contribution in [-0.4, -0.2) is 26.4 Å². The Bertz CT molecular complexity index is 1170. The van der Waals surface area contributed by atoms with E-state index in [0.717, 1.165) is 47.4 Å². The highest BCUT2D eigenvalue weighted by Crippen LogP contribution is 2.34. The lowest BCUT2D eigenvalue weighted by Gasteiger charge is -2.35. The summed E-state index contributed by atoms with van der Waals surface area (Å²) in [6.07, 6.45) is 2.72. The minimum absolute atomic E-state index is 0.0519. The van der Waals surface area contributed by atoms with Crippen molar-refractivity contribution in [2.75, 3.05) is 6.54 Å². The first kappa shape index (κ1) is 16.7. The number of hydrogen-bond donors (Lipinski definition) is 1. The molecular formula is C23H19N5. The smallest absolute Gasteiger partial charge is 0.0991 e. The Balaban J connectivity index is 1.51. The van der Waals surface area contributed by atoms with E-state index in [1.54, 1.807) is 6.33 Å². The molecule has 0 aliphatic carbocycles. The number of rotatable bonds is 3. The largest absolute Gasteiger partial charge is 0.348 e. The number of pyridine rings is 1. The predicted octanol–water partition coefficient (Wildman–Crippen LogP) is 3.98. The van der Waals surface area contributed by atoms with Gasteiger partial charge in [-0.2, -0.15) is 5.26 Å². The summed E-state index contributed by atoms with van der Waals surface area (Å²) >= 11 is 0. The minimum atomic E-state index is 0.0519. The number of aromatic nitrogens is 3. The average Bonchev–Trinajstić information content (AvgIpc) is 3.22. The number of para-hydroxylation sites is 1. The molecule has 1 N–H and O–H groups in total. The molecule has 5 nitrogen and oxygen atoms in total. The zero-order valence-electron chi connectivity index (χ0n) is 15.3. The van der Waals surface area contributed by atoms with Gasteiger partial charge in [-0.15, -0.1) is 0 Å². The van der Waals surface area contributed by atoms with Crippen LogP contribution in [-0.2, 0) is 13.0 Å². The van der Waals surface area contributed by atoms with Crippen molar-refractivity contribution in [2.45, 2.75) is 19.0 Å². The molecule has 1 aliphatic heterocycles. The van der Waals surface area contributed by atoms with Gasteiger partial charge in [0.15, 0.2) is 0 Å². The van der Waals surface area contributed by atoms with Gasteiger partial charge in [0.05, 0.1) is 40.9 Å². The van der Waals surface area contributed by atoms with Crippen LogP contribution in [0.4, 0.5) is 0 Å². The van der Waals surface area contributed by atoms with Crippen LogP contribution in [0.15, 0.2) is 67.0 Å². The van der Waals surface area contributed by atoms with Gasteiger partial charge in [0.25, 0.3) is 0 Å². The fourth-order valence-corrected chi connectivity index (χ4v) is 4.01. The maximum Gasteiger partial charge on any atom is 0.0991 e. The van der Waals surface area contributed by atoms with E-state index < -0.39 is 0 Å². The molecule has 5 heteroatoms. The van der Waals surface area contributed by atoms with Gasteiger partial charge in [0, 0.05) is 30.6 Å². The number of nitrogens with zero attached hydrogens (tertiary/aromatic N) is 4. The van der Waals surface area contributed by atoms with Crippen molar-refractivity contribution in [2.24, 2.45) is 0 Å². The quantitative estimate of drug-likeness (QED) is 0.596. The first-order valence-electron chi connectivity index (χ1n) is 9.43. The maximum absolute atomic E-state index is 9.11. The van der Waals surface area contributed by atoms with Crippen LogP contribution in [0.1, 0.15) is 34.3 Å². The molecule has 1 atom stereocenters. The summed E-state index contributed by atoms with van der Waals surface area (Å²) in [6, 6.07) is 22.5. The Morgan fingerprint density at radius 1 is 1.07 bits per heavy atom.